The molecule has 2 bridgehead atoms. The largest absolute Gasteiger partial charge is 0.467 e. The van der Waals surface area contributed by atoms with Crippen LogP contribution in [0.5, 0.6) is 6.01 Å². The molecule has 5 heterocycles. The van der Waals surface area contributed by atoms with Crippen molar-refractivity contribution in [2.75, 3.05) is 44.8 Å². The van der Waals surface area contributed by atoms with Crippen LogP contribution in [0.25, 0.3) is 16.7 Å². The van der Waals surface area contributed by atoms with Crippen molar-refractivity contribution in [3.05, 3.63) is 35.5 Å². The molecule has 0 radical (unpaired) electrons. The van der Waals surface area contributed by atoms with Gasteiger partial charge in [-0.1, -0.05) is 0 Å². The second-order valence-corrected chi connectivity index (χ2v) is 10.5. The molecule has 0 unspecified atom stereocenters. The van der Waals surface area contributed by atoms with Gasteiger partial charge in [0.1, 0.15) is 11.6 Å². The molecule has 3 fully saturated rings. The lowest BCUT2D eigenvalue weighted by Gasteiger charge is -2.32. The van der Waals surface area contributed by atoms with Gasteiger partial charge in [-0.05, 0) is 75.4 Å². The highest BCUT2D eigenvalue weighted by molar-refractivity contribution is 5.82. The number of piperidine rings is 1. The number of nitrogens with zero attached hydrogens (tertiary/aromatic N) is 6. The van der Waals surface area contributed by atoms with Gasteiger partial charge < -0.3 is 19.3 Å². The molecule has 0 aliphatic carbocycles. The van der Waals surface area contributed by atoms with Crippen LogP contribution in [-0.2, 0) is 9.53 Å². The van der Waals surface area contributed by atoms with Gasteiger partial charge >= 0.3 is 6.01 Å². The number of Topliss-reactive ketones (excluding diaryl/α,β-unsaturated/α-hetero) is 1. The first-order chi connectivity index (χ1) is 17.5. The highest BCUT2D eigenvalue weighted by atomic mass is 16.5. The van der Waals surface area contributed by atoms with E-state index in [0.29, 0.717) is 30.2 Å². The summed E-state index contributed by atoms with van der Waals surface area (Å²) in [6, 6.07) is 7.26. The lowest BCUT2D eigenvalue weighted by atomic mass is 9.86. The van der Waals surface area contributed by atoms with Crippen LogP contribution in [0.1, 0.15) is 49.7 Å². The summed E-state index contributed by atoms with van der Waals surface area (Å²) in [4.78, 5) is 25.4. The maximum absolute atomic E-state index is 11.4. The number of rotatable bonds is 7. The molecule has 2 aromatic heterocycles. The standard InChI is InChI=1S/C27H34N6O3/c1-17-10-20-14-28-33(24(20)12-23(17)19-5-8-31(9-6-19)7-4-18(2)34)26-13-25(29-27(30-26)35-3)32-15-22-11-21(32)16-36-22/h10,12-14,19,21-22H,4-9,11,15-16H2,1-3H3/t21-,22-/m0/s1. The van der Waals surface area contributed by atoms with E-state index in [2.05, 4.69) is 38.8 Å². The minimum Gasteiger partial charge on any atom is -0.467 e. The third-order valence-electron chi connectivity index (χ3n) is 8.04. The quantitative estimate of drug-likeness (QED) is 0.499. The number of anilines is 1. The Morgan fingerprint density at radius 1 is 1.17 bits per heavy atom. The summed E-state index contributed by atoms with van der Waals surface area (Å²) < 4.78 is 13.2. The average molecular weight is 491 g/mol. The fourth-order valence-corrected chi connectivity index (χ4v) is 6.04. The SMILES string of the molecule is COc1nc(N2C[C@@H]3C[C@H]2CO3)cc(-n2ncc3cc(C)c(C4CCN(CCC(C)=O)CC4)cc32)n1. The summed E-state index contributed by atoms with van der Waals surface area (Å²) in [5, 5.41) is 5.82. The summed E-state index contributed by atoms with van der Waals surface area (Å²) in [5.41, 5.74) is 3.73. The predicted octanol–water partition coefficient (Wildman–Crippen LogP) is 3.27. The minimum atomic E-state index is 0.266. The number of likely N-dealkylation sites (tertiary alicyclic amines) is 1. The summed E-state index contributed by atoms with van der Waals surface area (Å²) in [6.45, 7) is 8.39. The number of ketones is 1. The summed E-state index contributed by atoms with van der Waals surface area (Å²) in [5.74, 6) is 2.34. The zero-order valence-corrected chi connectivity index (χ0v) is 21.3. The average Bonchev–Trinajstić information content (AvgIpc) is 3.63. The van der Waals surface area contributed by atoms with E-state index in [0.717, 1.165) is 68.8 Å². The van der Waals surface area contributed by atoms with Crippen LogP contribution in [0.4, 0.5) is 5.82 Å². The van der Waals surface area contributed by atoms with E-state index in [1.807, 2.05) is 16.9 Å². The van der Waals surface area contributed by atoms with Crippen LogP contribution in [0.3, 0.4) is 0 Å². The van der Waals surface area contributed by atoms with Crippen molar-refractivity contribution in [3.8, 4) is 11.8 Å². The minimum absolute atomic E-state index is 0.266. The lowest BCUT2D eigenvalue weighted by Crippen LogP contribution is -2.37. The Morgan fingerprint density at radius 2 is 1.97 bits per heavy atom. The van der Waals surface area contributed by atoms with E-state index in [9.17, 15) is 4.79 Å². The monoisotopic (exact) mass is 490 g/mol. The molecule has 0 N–H and O–H groups in total. The first-order valence-electron chi connectivity index (χ1n) is 13.0. The molecule has 0 spiro atoms. The molecule has 9 nitrogen and oxygen atoms in total. The van der Waals surface area contributed by atoms with Crippen LogP contribution in [-0.4, -0.2) is 82.5 Å². The van der Waals surface area contributed by atoms with E-state index in [1.54, 1.807) is 14.0 Å². The number of hydrogen-bond acceptors (Lipinski definition) is 8. The van der Waals surface area contributed by atoms with Crippen LogP contribution in [0.15, 0.2) is 24.4 Å². The molecular formula is C27H34N6O3. The third-order valence-corrected chi connectivity index (χ3v) is 8.04. The van der Waals surface area contributed by atoms with Gasteiger partial charge in [0.25, 0.3) is 0 Å². The molecule has 2 atom stereocenters. The molecule has 6 rings (SSSR count). The molecule has 3 aromatic rings. The van der Waals surface area contributed by atoms with Gasteiger partial charge in [-0.3, -0.25) is 4.79 Å². The van der Waals surface area contributed by atoms with E-state index in [-0.39, 0.29) is 11.9 Å². The number of morpholine rings is 1. The number of ether oxygens (including phenoxy) is 2. The Bertz CT molecular complexity index is 1280. The van der Waals surface area contributed by atoms with Gasteiger partial charge in [0.05, 0.1) is 37.6 Å². The maximum Gasteiger partial charge on any atom is 0.320 e. The third kappa shape index (κ3) is 4.35. The first-order valence-corrected chi connectivity index (χ1v) is 13.0. The zero-order valence-electron chi connectivity index (χ0n) is 21.3. The van der Waals surface area contributed by atoms with Crippen LogP contribution in [0.2, 0.25) is 0 Å². The van der Waals surface area contributed by atoms with Crippen molar-refractivity contribution in [1.29, 1.82) is 0 Å². The first kappa shape index (κ1) is 23.4. The molecule has 3 aliphatic heterocycles. The fourth-order valence-electron chi connectivity index (χ4n) is 6.04. The number of benzene rings is 1. The number of carbonyl (C=O) groups is 1. The van der Waals surface area contributed by atoms with Gasteiger partial charge in [0.15, 0.2) is 5.82 Å². The number of hydrogen-bond donors (Lipinski definition) is 0. The van der Waals surface area contributed by atoms with Crippen molar-refractivity contribution < 1.29 is 14.3 Å². The number of fused-ring (bicyclic) bond motifs is 3. The van der Waals surface area contributed by atoms with Crippen molar-refractivity contribution in [3.63, 3.8) is 0 Å². The summed E-state index contributed by atoms with van der Waals surface area (Å²) in [7, 11) is 1.60. The van der Waals surface area contributed by atoms with Crippen LogP contribution < -0.4 is 9.64 Å². The lowest BCUT2D eigenvalue weighted by molar-refractivity contribution is -0.117. The second-order valence-electron chi connectivity index (χ2n) is 10.5. The number of aryl methyl sites for hydroxylation is 1. The predicted molar refractivity (Wildman–Crippen MR) is 137 cm³/mol. The molecule has 0 amide bonds. The molecule has 0 saturated carbocycles. The Labute approximate surface area is 211 Å². The van der Waals surface area contributed by atoms with Crippen molar-refractivity contribution in [1.82, 2.24) is 24.6 Å². The van der Waals surface area contributed by atoms with Gasteiger partial charge in [-0.2, -0.15) is 15.1 Å². The second kappa shape index (κ2) is 9.44. The van der Waals surface area contributed by atoms with Gasteiger partial charge in [-0.25, -0.2) is 4.68 Å². The number of aromatic nitrogens is 4. The summed E-state index contributed by atoms with van der Waals surface area (Å²) in [6.07, 6.45) is 6.08. The fraction of sp³-hybridized carbons (Fsp3) is 0.556. The van der Waals surface area contributed by atoms with E-state index in [4.69, 9.17) is 14.6 Å². The molecule has 3 saturated heterocycles. The molecule has 36 heavy (non-hydrogen) atoms. The summed E-state index contributed by atoms with van der Waals surface area (Å²) >= 11 is 0. The van der Waals surface area contributed by atoms with Gasteiger partial charge in [0, 0.05) is 31.0 Å². The molecule has 9 heteroatoms. The Hall–Kier alpha value is -3.04. The van der Waals surface area contributed by atoms with Crippen molar-refractivity contribution >= 4 is 22.5 Å². The Balaban J connectivity index is 1.30. The van der Waals surface area contributed by atoms with Crippen LogP contribution in [0, 0.1) is 6.92 Å². The number of carbonyl (C=O) groups excluding carboxylic acids is 1. The highest BCUT2D eigenvalue weighted by Gasteiger charge is 2.40. The maximum atomic E-state index is 11.4. The van der Waals surface area contributed by atoms with Gasteiger partial charge in [-0.15, -0.1) is 0 Å². The molecule has 190 valence electrons. The van der Waals surface area contributed by atoms with Gasteiger partial charge in [0.2, 0.25) is 0 Å². The van der Waals surface area contributed by atoms with E-state index < -0.39 is 0 Å². The molecule has 3 aliphatic rings. The molecular weight excluding hydrogens is 456 g/mol. The van der Waals surface area contributed by atoms with Crippen molar-refractivity contribution in [2.24, 2.45) is 0 Å². The van der Waals surface area contributed by atoms with E-state index in [1.165, 1.54) is 11.1 Å². The topological polar surface area (TPSA) is 85.6 Å². The zero-order chi connectivity index (χ0) is 24.8. The van der Waals surface area contributed by atoms with Crippen molar-refractivity contribution in [2.45, 2.75) is 57.6 Å². The Morgan fingerprint density at radius 3 is 2.67 bits per heavy atom. The highest BCUT2D eigenvalue weighted by Crippen LogP contribution is 2.35. The van der Waals surface area contributed by atoms with E-state index >= 15 is 0 Å². The smallest absolute Gasteiger partial charge is 0.320 e. The normalized spacial score (nSPS) is 22.6. The van der Waals surface area contributed by atoms with Crippen LogP contribution >= 0.6 is 0 Å². The Kier molecular flexibility index (Phi) is 6.13. The molecule has 1 aromatic carbocycles. The number of methoxy groups -OCH3 is 1.